The zero-order valence-corrected chi connectivity index (χ0v) is 23.7. The molecule has 0 bridgehead atoms. The number of ether oxygens (including phenoxy) is 3. The van der Waals surface area contributed by atoms with Crippen molar-refractivity contribution in [3.63, 3.8) is 0 Å². The second kappa shape index (κ2) is 12.6. The summed E-state index contributed by atoms with van der Waals surface area (Å²) >= 11 is 0. The van der Waals surface area contributed by atoms with Gasteiger partial charge in [0.05, 0.1) is 25.3 Å². The Morgan fingerprint density at radius 1 is 0.929 bits per heavy atom. The van der Waals surface area contributed by atoms with Crippen molar-refractivity contribution >= 4 is 17.4 Å². The van der Waals surface area contributed by atoms with Crippen molar-refractivity contribution in [3.8, 4) is 17.2 Å². The topological polar surface area (TPSA) is 98.2 Å². The number of benzene rings is 3. The Hall–Kier alpha value is -5.11. The minimum Gasteiger partial charge on any atom is -0.507 e. The van der Waals surface area contributed by atoms with E-state index in [0.29, 0.717) is 47.2 Å². The number of aliphatic hydroxyl groups is 1. The minimum atomic E-state index is -0.872. The van der Waals surface area contributed by atoms with Crippen molar-refractivity contribution in [2.24, 2.45) is 0 Å². The van der Waals surface area contributed by atoms with Crippen LogP contribution in [-0.4, -0.2) is 40.4 Å². The number of pyridine rings is 1. The number of nitrogens with zero attached hydrogens (tertiary/aromatic N) is 2. The van der Waals surface area contributed by atoms with Gasteiger partial charge in [0, 0.05) is 24.5 Å². The third-order valence-electron chi connectivity index (χ3n) is 7.12. The molecule has 1 N–H and O–H groups in total. The van der Waals surface area contributed by atoms with Crippen LogP contribution in [0.1, 0.15) is 40.8 Å². The summed E-state index contributed by atoms with van der Waals surface area (Å²) in [4.78, 5) is 32.6. The summed E-state index contributed by atoms with van der Waals surface area (Å²) in [6.45, 7) is 4.66. The van der Waals surface area contributed by atoms with Gasteiger partial charge in [-0.15, -0.1) is 0 Å². The molecule has 1 fully saturated rings. The molecule has 0 aliphatic carbocycles. The van der Waals surface area contributed by atoms with Gasteiger partial charge in [0.2, 0.25) is 0 Å². The van der Waals surface area contributed by atoms with Crippen LogP contribution in [0.3, 0.4) is 0 Å². The number of ketones is 1. The van der Waals surface area contributed by atoms with Crippen molar-refractivity contribution in [1.29, 1.82) is 0 Å². The number of rotatable bonds is 10. The first-order chi connectivity index (χ1) is 20.4. The van der Waals surface area contributed by atoms with Crippen molar-refractivity contribution in [3.05, 3.63) is 125 Å². The van der Waals surface area contributed by atoms with Gasteiger partial charge >= 0.3 is 0 Å². The lowest BCUT2D eigenvalue weighted by molar-refractivity contribution is -0.140. The fourth-order valence-electron chi connectivity index (χ4n) is 5.08. The van der Waals surface area contributed by atoms with E-state index in [4.69, 9.17) is 14.2 Å². The van der Waals surface area contributed by atoms with Gasteiger partial charge in [-0.3, -0.25) is 14.6 Å². The Morgan fingerprint density at radius 3 is 2.40 bits per heavy atom. The SMILES string of the molecule is CCOc1ccc([C@H]2/C(=C(\O)c3ccc(OCc4ccccc4)cc3C)C(=O)C(=O)N2Cc2cccnc2)cc1OC. The van der Waals surface area contributed by atoms with Crippen LogP contribution >= 0.6 is 0 Å². The number of aliphatic hydroxyl groups excluding tert-OH is 1. The number of likely N-dealkylation sites (tertiary alicyclic amines) is 1. The number of hydrogen-bond donors (Lipinski definition) is 1. The maximum absolute atomic E-state index is 13.6. The summed E-state index contributed by atoms with van der Waals surface area (Å²) in [5.41, 5.74) is 3.50. The lowest BCUT2D eigenvalue weighted by atomic mass is 9.93. The first kappa shape index (κ1) is 28.4. The molecule has 42 heavy (non-hydrogen) atoms. The summed E-state index contributed by atoms with van der Waals surface area (Å²) in [5.74, 6) is -0.117. The number of amides is 1. The van der Waals surface area contributed by atoms with Crippen LogP contribution in [0.15, 0.2) is 96.8 Å². The monoisotopic (exact) mass is 564 g/mol. The third kappa shape index (κ3) is 5.83. The molecule has 1 amide bonds. The van der Waals surface area contributed by atoms with Crippen molar-refractivity contribution in [1.82, 2.24) is 9.88 Å². The first-order valence-corrected chi connectivity index (χ1v) is 13.7. The van der Waals surface area contributed by atoms with E-state index in [2.05, 4.69) is 4.98 Å². The molecule has 0 radical (unpaired) electrons. The van der Waals surface area contributed by atoms with Crippen LogP contribution < -0.4 is 14.2 Å². The summed E-state index contributed by atoms with van der Waals surface area (Å²) in [7, 11) is 1.53. The normalized spacial score (nSPS) is 16.0. The maximum atomic E-state index is 13.6. The Labute approximate surface area is 244 Å². The average Bonchev–Trinajstić information content (AvgIpc) is 3.26. The summed E-state index contributed by atoms with van der Waals surface area (Å²) in [6, 6.07) is 23.0. The largest absolute Gasteiger partial charge is 0.507 e. The van der Waals surface area contributed by atoms with Crippen molar-refractivity contribution in [2.75, 3.05) is 13.7 Å². The molecule has 4 aromatic rings. The Morgan fingerprint density at radius 2 is 1.71 bits per heavy atom. The minimum absolute atomic E-state index is 0.00356. The first-order valence-electron chi connectivity index (χ1n) is 13.7. The number of carbonyl (C=O) groups is 2. The molecule has 8 nitrogen and oxygen atoms in total. The fraction of sp³-hybridized carbons (Fsp3) is 0.206. The van der Waals surface area contributed by atoms with Gasteiger partial charge in [0.25, 0.3) is 11.7 Å². The van der Waals surface area contributed by atoms with E-state index in [0.717, 1.165) is 11.1 Å². The summed E-state index contributed by atoms with van der Waals surface area (Å²) in [5, 5.41) is 11.6. The van der Waals surface area contributed by atoms with Gasteiger partial charge < -0.3 is 24.2 Å². The molecule has 1 aromatic heterocycles. The van der Waals surface area contributed by atoms with Crippen LogP contribution in [0.5, 0.6) is 17.2 Å². The van der Waals surface area contributed by atoms with E-state index in [1.165, 1.54) is 12.0 Å². The van der Waals surface area contributed by atoms with Gasteiger partial charge in [-0.2, -0.15) is 0 Å². The maximum Gasteiger partial charge on any atom is 0.295 e. The van der Waals surface area contributed by atoms with E-state index >= 15 is 0 Å². The second-order valence-electron chi connectivity index (χ2n) is 9.88. The molecule has 1 atom stereocenters. The summed E-state index contributed by atoms with van der Waals surface area (Å²) < 4.78 is 17.2. The van der Waals surface area contributed by atoms with Crippen LogP contribution in [0.2, 0.25) is 0 Å². The highest BCUT2D eigenvalue weighted by atomic mass is 16.5. The van der Waals surface area contributed by atoms with Crippen molar-refractivity contribution in [2.45, 2.75) is 33.0 Å². The number of methoxy groups -OCH3 is 1. The smallest absolute Gasteiger partial charge is 0.295 e. The summed E-state index contributed by atoms with van der Waals surface area (Å²) in [6.07, 6.45) is 3.29. The second-order valence-corrected chi connectivity index (χ2v) is 9.88. The molecule has 8 heteroatoms. The van der Waals surface area contributed by atoms with E-state index in [9.17, 15) is 14.7 Å². The molecule has 0 saturated carbocycles. The Bertz CT molecular complexity index is 1620. The lowest BCUT2D eigenvalue weighted by Crippen LogP contribution is -2.29. The zero-order valence-electron chi connectivity index (χ0n) is 23.7. The average molecular weight is 565 g/mol. The molecule has 5 rings (SSSR count). The molecular formula is C34H32N2O6. The van der Waals surface area contributed by atoms with Crippen LogP contribution in [0.25, 0.3) is 5.76 Å². The number of carbonyl (C=O) groups excluding carboxylic acids is 2. The molecule has 1 saturated heterocycles. The number of Topliss-reactive ketones (excluding diaryl/α,β-unsaturated/α-hetero) is 1. The number of hydrogen-bond acceptors (Lipinski definition) is 7. The molecular weight excluding hydrogens is 532 g/mol. The predicted molar refractivity (Wildman–Crippen MR) is 158 cm³/mol. The lowest BCUT2D eigenvalue weighted by Gasteiger charge is -2.26. The van der Waals surface area contributed by atoms with Gasteiger partial charge in [-0.1, -0.05) is 42.5 Å². The number of aromatic nitrogens is 1. The molecule has 2 heterocycles. The zero-order chi connectivity index (χ0) is 29.6. The molecule has 3 aromatic carbocycles. The Kier molecular flexibility index (Phi) is 8.52. The van der Waals surface area contributed by atoms with Gasteiger partial charge in [0.15, 0.2) is 11.5 Å². The quantitative estimate of drug-likeness (QED) is 0.143. The highest BCUT2D eigenvalue weighted by Gasteiger charge is 2.46. The van der Waals surface area contributed by atoms with Crippen molar-refractivity contribution < 1.29 is 28.9 Å². The highest BCUT2D eigenvalue weighted by molar-refractivity contribution is 6.46. The Balaban J connectivity index is 1.56. The number of aryl methyl sites for hydroxylation is 1. The van der Waals surface area contributed by atoms with E-state index < -0.39 is 17.7 Å². The standard InChI is InChI=1S/C34H32N2O6/c1-4-41-28-15-12-25(18-29(28)40-3)31-30(33(38)34(39)36(31)20-24-11-8-16-35-19-24)32(37)27-14-13-26(17-22(27)2)42-21-23-9-6-5-7-10-23/h5-19,31,37H,4,20-21H2,1-3H3/b32-30+/t31-/m0/s1. The van der Waals surface area contributed by atoms with Gasteiger partial charge in [-0.05, 0) is 72.5 Å². The third-order valence-corrected chi connectivity index (χ3v) is 7.12. The van der Waals surface area contributed by atoms with Crippen LogP contribution in [0, 0.1) is 6.92 Å². The molecule has 214 valence electrons. The van der Waals surface area contributed by atoms with Gasteiger partial charge in [-0.25, -0.2) is 0 Å². The predicted octanol–water partition coefficient (Wildman–Crippen LogP) is 6.00. The highest BCUT2D eigenvalue weighted by Crippen LogP contribution is 2.43. The molecule has 1 aliphatic heterocycles. The van der Waals surface area contributed by atoms with Gasteiger partial charge in [0.1, 0.15) is 18.1 Å². The van der Waals surface area contributed by atoms with E-state index in [1.54, 1.807) is 54.9 Å². The van der Waals surface area contributed by atoms with E-state index in [-0.39, 0.29) is 17.9 Å². The molecule has 1 aliphatic rings. The fourth-order valence-corrected chi connectivity index (χ4v) is 5.08. The molecule has 0 spiro atoms. The molecule has 0 unspecified atom stereocenters. The van der Waals surface area contributed by atoms with E-state index in [1.807, 2.05) is 50.2 Å². The van der Waals surface area contributed by atoms with Crippen LogP contribution in [-0.2, 0) is 22.7 Å². The van der Waals surface area contributed by atoms with Crippen LogP contribution in [0.4, 0.5) is 0 Å².